The third-order valence-electron chi connectivity index (χ3n) is 6.75. The molecule has 0 amide bonds. The highest BCUT2D eigenvalue weighted by molar-refractivity contribution is 5.80. The Labute approximate surface area is 161 Å². The van der Waals surface area contributed by atoms with Crippen LogP contribution in [0.15, 0.2) is 4.99 Å². The van der Waals surface area contributed by atoms with Crippen LogP contribution in [0, 0.1) is 11.3 Å². The number of halogens is 3. The number of alkyl halides is 3. The predicted octanol–water partition coefficient (Wildman–Crippen LogP) is 2.97. The van der Waals surface area contributed by atoms with Gasteiger partial charge >= 0.3 is 6.18 Å². The first-order valence-corrected chi connectivity index (χ1v) is 9.78. The summed E-state index contributed by atoms with van der Waals surface area (Å²) in [7, 11) is 3.51. The van der Waals surface area contributed by atoms with E-state index >= 15 is 0 Å². The Balaban J connectivity index is 1.90. The van der Waals surface area contributed by atoms with Crippen LogP contribution in [0.2, 0.25) is 0 Å². The molecule has 1 aliphatic carbocycles. The first-order chi connectivity index (χ1) is 12.5. The fraction of sp³-hybridized carbons (Fsp3) is 0.947. The number of methoxy groups -OCH3 is 1. The Morgan fingerprint density at radius 1 is 1.33 bits per heavy atom. The average molecular weight is 393 g/mol. The van der Waals surface area contributed by atoms with Crippen molar-refractivity contribution in [3.8, 4) is 0 Å². The second kappa shape index (κ2) is 8.15. The molecule has 0 aromatic rings. The zero-order valence-electron chi connectivity index (χ0n) is 17.5. The quantitative estimate of drug-likeness (QED) is 0.557. The summed E-state index contributed by atoms with van der Waals surface area (Å²) in [4.78, 5) is 8.08. The van der Waals surface area contributed by atoms with Gasteiger partial charge in [0.15, 0.2) is 5.96 Å². The van der Waals surface area contributed by atoms with E-state index in [-0.39, 0.29) is 23.0 Å². The van der Waals surface area contributed by atoms with Crippen LogP contribution in [0.1, 0.15) is 40.5 Å². The Hall–Kier alpha value is -1.02. The van der Waals surface area contributed by atoms with Crippen molar-refractivity contribution in [3.63, 3.8) is 0 Å². The molecular weight excluding hydrogens is 357 g/mol. The summed E-state index contributed by atoms with van der Waals surface area (Å²) in [5, 5.41) is 3.55. The number of rotatable bonds is 6. The standard InChI is InChI=1S/C19H35F3N4O/c1-7-25(13-19(20,21)22)11-14-8-9-26(12-14)16(23-5)24-15-10-18(4,27-6)17(15,2)3/h14-15H,7-13H2,1-6H3,(H,23,24). The zero-order chi connectivity index (χ0) is 20.5. The molecule has 1 aliphatic heterocycles. The first-order valence-electron chi connectivity index (χ1n) is 9.78. The van der Waals surface area contributed by atoms with E-state index in [0.29, 0.717) is 13.1 Å². The third kappa shape index (κ3) is 4.88. The van der Waals surface area contributed by atoms with E-state index < -0.39 is 12.7 Å². The molecule has 1 heterocycles. The molecule has 0 aromatic heterocycles. The van der Waals surface area contributed by atoms with Crippen molar-refractivity contribution >= 4 is 5.96 Å². The first kappa shape index (κ1) is 22.3. The number of guanidine groups is 1. The summed E-state index contributed by atoms with van der Waals surface area (Å²) >= 11 is 0. The number of likely N-dealkylation sites (tertiary alicyclic amines) is 1. The van der Waals surface area contributed by atoms with Crippen LogP contribution in [0.3, 0.4) is 0 Å². The lowest BCUT2D eigenvalue weighted by Gasteiger charge is -2.59. The van der Waals surface area contributed by atoms with Gasteiger partial charge in [-0.2, -0.15) is 13.2 Å². The van der Waals surface area contributed by atoms with Crippen LogP contribution in [0.5, 0.6) is 0 Å². The number of nitrogens with zero attached hydrogens (tertiary/aromatic N) is 3. The van der Waals surface area contributed by atoms with Gasteiger partial charge in [-0.3, -0.25) is 9.89 Å². The van der Waals surface area contributed by atoms with Crippen molar-refractivity contribution in [2.45, 2.75) is 58.4 Å². The van der Waals surface area contributed by atoms with Gasteiger partial charge in [-0.1, -0.05) is 20.8 Å². The maximum absolute atomic E-state index is 12.7. The van der Waals surface area contributed by atoms with Gasteiger partial charge in [0.05, 0.1) is 12.1 Å². The highest BCUT2D eigenvalue weighted by atomic mass is 19.4. The molecule has 2 rings (SSSR count). The minimum absolute atomic E-state index is 0.0253. The summed E-state index contributed by atoms with van der Waals surface area (Å²) < 4.78 is 43.7. The fourth-order valence-corrected chi connectivity index (χ4v) is 4.27. The number of aliphatic imine (C=N–C) groups is 1. The van der Waals surface area contributed by atoms with Crippen molar-refractivity contribution in [3.05, 3.63) is 0 Å². The van der Waals surface area contributed by atoms with Crippen LogP contribution in [0.25, 0.3) is 0 Å². The van der Waals surface area contributed by atoms with Gasteiger partial charge in [0, 0.05) is 45.2 Å². The van der Waals surface area contributed by atoms with Gasteiger partial charge in [-0.15, -0.1) is 0 Å². The molecule has 1 saturated carbocycles. The molecule has 2 fully saturated rings. The summed E-state index contributed by atoms with van der Waals surface area (Å²) in [6.07, 6.45) is -2.35. The zero-order valence-corrected chi connectivity index (χ0v) is 17.5. The summed E-state index contributed by atoms with van der Waals surface area (Å²) in [5.41, 5.74) is -0.182. The third-order valence-corrected chi connectivity index (χ3v) is 6.75. The van der Waals surface area contributed by atoms with E-state index in [1.165, 1.54) is 4.90 Å². The van der Waals surface area contributed by atoms with Gasteiger partial charge in [-0.05, 0) is 32.2 Å². The number of hydrogen-bond acceptors (Lipinski definition) is 3. The van der Waals surface area contributed by atoms with Crippen LogP contribution in [-0.4, -0.2) is 80.5 Å². The molecule has 3 atom stereocenters. The van der Waals surface area contributed by atoms with Gasteiger partial charge in [0.2, 0.25) is 0 Å². The Bertz CT molecular complexity index is 538. The predicted molar refractivity (Wildman–Crippen MR) is 102 cm³/mol. The molecule has 0 radical (unpaired) electrons. The minimum atomic E-state index is -4.14. The van der Waals surface area contributed by atoms with E-state index in [9.17, 15) is 13.2 Å². The molecule has 0 aromatic carbocycles. The van der Waals surface area contributed by atoms with Crippen LogP contribution < -0.4 is 5.32 Å². The van der Waals surface area contributed by atoms with E-state index in [0.717, 1.165) is 31.9 Å². The van der Waals surface area contributed by atoms with Gasteiger partial charge in [0.1, 0.15) is 0 Å². The topological polar surface area (TPSA) is 40.1 Å². The fourth-order valence-electron chi connectivity index (χ4n) is 4.27. The van der Waals surface area contributed by atoms with Crippen molar-refractivity contribution in [1.29, 1.82) is 0 Å². The normalized spacial score (nSPS) is 31.3. The molecule has 1 saturated heterocycles. The molecule has 1 N–H and O–H groups in total. The number of ether oxygens (including phenoxy) is 1. The van der Waals surface area contributed by atoms with Gasteiger partial charge < -0.3 is 15.0 Å². The molecule has 0 bridgehead atoms. The molecular formula is C19H35F3N4O. The minimum Gasteiger partial charge on any atom is -0.378 e. The average Bonchev–Trinajstić information content (AvgIpc) is 3.04. The Kier molecular flexibility index (Phi) is 6.72. The van der Waals surface area contributed by atoms with E-state index in [1.54, 1.807) is 21.1 Å². The summed E-state index contributed by atoms with van der Waals surface area (Å²) in [6, 6.07) is 0.262. The number of nitrogens with one attached hydrogen (secondary N) is 1. The lowest BCUT2D eigenvalue weighted by Crippen LogP contribution is -2.69. The monoisotopic (exact) mass is 392 g/mol. The molecule has 5 nitrogen and oxygen atoms in total. The Morgan fingerprint density at radius 2 is 2.00 bits per heavy atom. The summed E-state index contributed by atoms with van der Waals surface area (Å²) in [6.45, 7) is 9.89. The highest BCUT2D eigenvalue weighted by Gasteiger charge is 2.58. The lowest BCUT2D eigenvalue weighted by molar-refractivity contribution is -0.176. The smallest absolute Gasteiger partial charge is 0.378 e. The molecule has 27 heavy (non-hydrogen) atoms. The van der Waals surface area contributed by atoms with Crippen LogP contribution in [0.4, 0.5) is 13.2 Å². The SMILES string of the molecule is CCN(CC1CCN(C(=NC)NC2CC(C)(OC)C2(C)C)C1)CC(F)(F)F. The van der Waals surface area contributed by atoms with Crippen molar-refractivity contribution in [2.75, 3.05) is 46.9 Å². The largest absolute Gasteiger partial charge is 0.401 e. The molecule has 2 aliphatic rings. The second-order valence-electron chi connectivity index (χ2n) is 8.65. The van der Waals surface area contributed by atoms with Crippen molar-refractivity contribution in [1.82, 2.24) is 15.1 Å². The van der Waals surface area contributed by atoms with Crippen LogP contribution >= 0.6 is 0 Å². The number of hydrogen-bond donors (Lipinski definition) is 1. The highest BCUT2D eigenvalue weighted by Crippen LogP contribution is 2.51. The van der Waals surface area contributed by atoms with Crippen molar-refractivity contribution < 1.29 is 17.9 Å². The van der Waals surface area contributed by atoms with E-state index in [2.05, 4.69) is 36.0 Å². The molecule has 3 unspecified atom stereocenters. The van der Waals surface area contributed by atoms with E-state index in [1.807, 2.05) is 0 Å². The Morgan fingerprint density at radius 3 is 2.48 bits per heavy atom. The molecule has 158 valence electrons. The maximum atomic E-state index is 12.7. The lowest BCUT2D eigenvalue weighted by atomic mass is 9.56. The maximum Gasteiger partial charge on any atom is 0.401 e. The van der Waals surface area contributed by atoms with Crippen molar-refractivity contribution in [2.24, 2.45) is 16.3 Å². The molecule has 0 spiro atoms. The van der Waals surface area contributed by atoms with Gasteiger partial charge in [0.25, 0.3) is 0 Å². The van der Waals surface area contributed by atoms with Gasteiger partial charge in [-0.25, -0.2) is 0 Å². The van der Waals surface area contributed by atoms with Crippen LogP contribution in [-0.2, 0) is 4.74 Å². The molecule has 8 heteroatoms. The summed E-state index contributed by atoms with van der Waals surface area (Å²) in [5.74, 6) is 1.07. The van der Waals surface area contributed by atoms with E-state index in [4.69, 9.17) is 4.74 Å². The second-order valence-corrected chi connectivity index (χ2v) is 8.65.